The standard InChI is InChI=1S/C20H27NO3/c1-4-9-16-17(20(22)21-15-10-7-6-8-11-15)12-13-18(19(16)23-3)24-14-5-2/h2,12-13,15H,4,6-11,14H2,1,3H3,(H,21,22). The normalized spacial score (nSPS) is 14.7. The van der Waals surface area contributed by atoms with E-state index in [9.17, 15) is 4.79 Å². The van der Waals surface area contributed by atoms with Gasteiger partial charge >= 0.3 is 0 Å². The van der Waals surface area contributed by atoms with Crippen LogP contribution in [0, 0.1) is 12.3 Å². The summed E-state index contributed by atoms with van der Waals surface area (Å²) in [5.41, 5.74) is 1.56. The van der Waals surface area contributed by atoms with Crippen LogP contribution in [0.4, 0.5) is 0 Å². The molecule has 0 radical (unpaired) electrons. The van der Waals surface area contributed by atoms with Gasteiger partial charge in [0.15, 0.2) is 11.5 Å². The van der Waals surface area contributed by atoms with Gasteiger partial charge in [-0.05, 0) is 31.4 Å². The van der Waals surface area contributed by atoms with Crippen molar-refractivity contribution >= 4 is 5.91 Å². The van der Waals surface area contributed by atoms with Crippen LogP contribution in [0.25, 0.3) is 0 Å². The molecule has 0 aromatic heterocycles. The third-order valence-electron chi connectivity index (χ3n) is 4.42. The molecule has 4 nitrogen and oxygen atoms in total. The number of rotatable bonds is 7. The van der Waals surface area contributed by atoms with Crippen LogP contribution >= 0.6 is 0 Å². The summed E-state index contributed by atoms with van der Waals surface area (Å²) in [6, 6.07) is 3.87. The number of hydrogen-bond acceptors (Lipinski definition) is 3. The maximum absolute atomic E-state index is 12.8. The van der Waals surface area contributed by atoms with E-state index in [4.69, 9.17) is 15.9 Å². The summed E-state index contributed by atoms with van der Waals surface area (Å²) < 4.78 is 11.1. The highest BCUT2D eigenvalue weighted by Crippen LogP contribution is 2.35. The molecule has 1 amide bonds. The minimum Gasteiger partial charge on any atom is -0.493 e. The van der Waals surface area contributed by atoms with Gasteiger partial charge < -0.3 is 14.8 Å². The average molecular weight is 329 g/mol. The Morgan fingerprint density at radius 2 is 2.08 bits per heavy atom. The van der Waals surface area contributed by atoms with Crippen molar-refractivity contribution in [2.45, 2.75) is 57.9 Å². The van der Waals surface area contributed by atoms with E-state index in [2.05, 4.69) is 18.2 Å². The predicted octanol–water partition coefficient (Wildman–Crippen LogP) is 3.72. The lowest BCUT2D eigenvalue weighted by Crippen LogP contribution is -2.36. The van der Waals surface area contributed by atoms with Gasteiger partial charge in [0.05, 0.1) is 7.11 Å². The van der Waals surface area contributed by atoms with Crippen molar-refractivity contribution in [3.8, 4) is 23.8 Å². The number of methoxy groups -OCH3 is 1. The Morgan fingerprint density at radius 1 is 1.33 bits per heavy atom. The van der Waals surface area contributed by atoms with Gasteiger partial charge in [-0.25, -0.2) is 0 Å². The van der Waals surface area contributed by atoms with Crippen LogP contribution in [0.1, 0.15) is 61.4 Å². The fourth-order valence-electron chi connectivity index (χ4n) is 3.28. The van der Waals surface area contributed by atoms with E-state index in [1.807, 2.05) is 6.07 Å². The van der Waals surface area contributed by atoms with Crippen molar-refractivity contribution in [2.75, 3.05) is 13.7 Å². The quantitative estimate of drug-likeness (QED) is 0.776. The summed E-state index contributed by atoms with van der Waals surface area (Å²) >= 11 is 0. The van der Waals surface area contributed by atoms with Gasteiger partial charge in [-0.15, -0.1) is 6.42 Å². The van der Waals surface area contributed by atoms with E-state index in [1.165, 1.54) is 19.3 Å². The number of terminal acetylenes is 1. The molecule has 0 saturated heterocycles. The molecule has 1 saturated carbocycles. The minimum atomic E-state index is -0.0212. The number of carbonyl (C=O) groups excluding carboxylic acids is 1. The Labute approximate surface area is 144 Å². The molecule has 1 fully saturated rings. The molecule has 1 N–H and O–H groups in total. The summed E-state index contributed by atoms with van der Waals surface area (Å²) in [4.78, 5) is 12.8. The van der Waals surface area contributed by atoms with Gasteiger partial charge in [-0.2, -0.15) is 0 Å². The monoisotopic (exact) mass is 329 g/mol. The van der Waals surface area contributed by atoms with E-state index >= 15 is 0 Å². The van der Waals surface area contributed by atoms with E-state index in [-0.39, 0.29) is 18.6 Å². The van der Waals surface area contributed by atoms with E-state index < -0.39 is 0 Å². The summed E-state index contributed by atoms with van der Waals surface area (Å²) in [6.45, 7) is 2.26. The second-order valence-electron chi connectivity index (χ2n) is 6.17. The predicted molar refractivity (Wildman–Crippen MR) is 95.7 cm³/mol. The molecule has 0 heterocycles. The highest BCUT2D eigenvalue weighted by molar-refractivity contribution is 5.97. The molecule has 0 spiro atoms. The van der Waals surface area contributed by atoms with Crippen LogP contribution in [0.15, 0.2) is 12.1 Å². The van der Waals surface area contributed by atoms with Crippen LogP contribution in [0.3, 0.4) is 0 Å². The number of benzene rings is 1. The van der Waals surface area contributed by atoms with Crippen LogP contribution < -0.4 is 14.8 Å². The molecule has 1 aliphatic rings. The lowest BCUT2D eigenvalue weighted by atomic mass is 9.94. The molecule has 0 bridgehead atoms. The first-order valence-corrected chi connectivity index (χ1v) is 8.78. The number of carbonyl (C=O) groups is 1. The molecule has 2 rings (SSSR count). The Hall–Kier alpha value is -2.15. The highest BCUT2D eigenvalue weighted by Gasteiger charge is 2.22. The molecule has 130 valence electrons. The second-order valence-corrected chi connectivity index (χ2v) is 6.17. The molecule has 1 aromatic rings. The summed E-state index contributed by atoms with van der Waals surface area (Å²) in [5.74, 6) is 3.64. The zero-order valence-corrected chi connectivity index (χ0v) is 14.7. The van der Waals surface area contributed by atoms with Crippen molar-refractivity contribution in [2.24, 2.45) is 0 Å². The number of amides is 1. The van der Waals surface area contributed by atoms with E-state index in [1.54, 1.807) is 13.2 Å². The maximum atomic E-state index is 12.8. The lowest BCUT2D eigenvalue weighted by molar-refractivity contribution is 0.0926. The Morgan fingerprint density at radius 3 is 2.71 bits per heavy atom. The first-order valence-electron chi connectivity index (χ1n) is 8.78. The molecule has 1 aromatic carbocycles. The largest absolute Gasteiger partial charge is 0.493 e. The molecule has 24 heavy (non-hydrogen) atoms. The zero-order chi connectivity index (χ0) is 17.4. The Kier molecular flexibility index (Phi) is 6.99. The Bertz CT molecular complexity index is 598. The highest BCUT2D eigenvalue weighted by atomic mass is 16.5. The zero-order valence-electron chi connectivity index (χ0n) is 14.7. The first-order chi connectivity index (χ1) is 11.7. The third kappa shape index (κ3) is 4.44. The molecule has 0 unspecified atom stereocenters. The summed E-state index contributed by atoms with van der Waals surface area (Å²) in [7, 11) is 1.60. The molecule has 0 atom stereocenters. The van der Waals surface area contributed by atoms with Crippen molar-refractivity contribution in [1.82, 2.24) is 5.32 Å². The topological polar surface area (TPSA) is 47.6 Å². The fraction of sp³-hybridized carbons (Fsp3) is 0.550. The van der Waals surface area contributed by atoms with Gasteiger partial charge in [-0.3, -0.25) is 4.79 Å². The summed E-state index contributed by atoms with van der Waals surface area (Å²) in [5, 5.41) is 3.18. The van der Waals surface area contributed by atoms with Crippen LogP contribution in [0.2, 0.25) is 0 Å². The molecular formula is C20H27NO3. The smallest absolute Gasteiger partial charge is 0.251 e. The van der Waals surface area contributed by atoms with E-state index in [0.717, 1.165) is 31.2 Å². The molecular weight excluding hydrogens is 302 g/mol. The van der Waals surface area contributed by atoms with Gasteiger partial charge in [0.1, 0.15) is 6.61 Å². The third-order valence-corrected chi connectivity index (χ3v) is 4.42. The average Bonchev–Trinajstić information content (AvgIpc) is 2.61. The van der Waals surface area contributed by atoms with E-state index in [0.29, 0.717) is 17.1 Å². The number of ether oxygens (including phenoxy) is 2. The molecule has 1 aliphatic carbocycles. The van der Waals surface area contributed by atoms with Gasteiger partial charge in [0, 0.05) is 17.2 Å². The van der Waals surface area contributed by atoms with Crippen molar-refractivity contribution in [3.63, 3.8) is 0 Å². The Balaban J connectivity index is 2.26. The number of hydrogen-bond donors (Lipinski definition) is 1. The van der Waals surface area contributed by atoms with Crippen LogP contribution in [-0.2, 0) is 6.42 Å². The summed E-state index contributed by atoms with van der Waals surface area (Å²) in [6.07, 6.45) is 12.7. The number of nitrogens with one attached hydrogen (secondary N) is 1. The fourth-order valence-corrected chi connectivity index (χ4v) is 3.28. The molecule has 0 aliphatic heterocycles. The lowest BCUT2D eigenvalue weighted by Gasteiger charge is -2.24. The van der Waals surface area contributed by atoms with Gasteiger partial charge in [0.25, 0.3) is 5.91 Å². The first kappa shape index (κ1) is 18.2. The van der Waals surface area contributed by atoms with Crippen LogP contribution in [0.5, 0.6) is 11.5 Å². The van der Waals surface area contributed by atoms with Crippen molar-refractivity contribution in [3.05, 3.63) is 23.3 Å². The minimum absolute atomic E-state index is 0.0212. The van der Waals surface area contributed by atoms with Crippen molar-refractivity contribution in [1.29, 1.82) is 0 Å². The SMILES string of the molecule is C#CCOc1ccc(C(=O)NC2CCCCC2)c(CCC)c1OC. The van der Waals surface area contributed by atoms with Crippen LogP contribution in [-0.4, -0.2) is 25.7 Å². The molecule has 4 heteroatoms. The van der Waals surface area contributed by atoms with Crippen molar-refractivity contribution < 1.29 is 14.3 Å². The van der Waals surface area contributed by atoms with Gasteiger partial charge in [-0.1, -0.05) is 38.5 Å². The second kappa shape index (κ2) is 9.22. The van der Waals surface area contributed by atoms with Gasteiger partial charge in [0.2, 0.25) is 0 Å². The maximum Gasteiger partial charge on any atom is 0.251 e.